The van der Waals surface area contributed by atoms with Crippen molar-refractivity contribution in [1.29, 1.82) is 0 Å². The Morgan fingerprint density at radius 3 is 2.70 bits per heavy atom. The summed E-state index contributed by atoms with van der Waals surface area (Å²) in [7, 11) is 0. The van der Waals surface area contributed by atoms with Gasteiger partial charge < -0.3 is 9.64 Å². The molecule has 2 atom stereocenters. The van der Waals surface area contributed by atoms with E-state index in [0.29, 0.717) is 56.0 Å². The predicted molar refractivity (Wildman–Crippen MR) is 99.0 cm³/mol. The van der Waals surface area contributed by atoms with Crippen LogP contribution in [0.5, 0.6) is 0 Å². The number of aliphatic imine (C=N–C) groups is 1. The molecule has 0 spiro atoms. The fourth-order valence-corrected chi connectivity index (χ4v) is 4.37. The first-order valence-corrected chi connectivity index (χ1v) is 9.50. The number of morpholine rings is 1. The fraction of sp³-hybridized carbons (Fsp3) is 0.476. The molecule has 1 unspecified atom stereocenters. The lowest BCUT2D eigenvalue weighted by atomic mass is 9.71. The second kappa shape index (κ2) is 7.35. The Hall–Kier alpha value is -2.34. The van der Waals surface area contributed by atoms with Crippen molar-refractivity contribution in [1.82, 2.24) is 4.90 Å². The van der Waals surface area contributed by atoms with Crippen LogP contribution in [0.15, 0.2) is 40.5 Å². The first-order chi connectivity index (χ1) is 13.1. The molecule has 2 aliphatic heterocycles. The molecule has 5 nitrogen and oxygen atoms in total. The number of carbonyl (C=O) groups is 2. The van der Waals surface area contributed by atoms with Crippen molar-refractivity contribution in [3.8, 4) is 0 Å². The molecule has 3 aliphatic rings. The van der Waals surface area contributed by atoms with Crippen LogP contribution in [0.3, 0.4) is 0 Å². The SMILES string of the molecule is CC1=NC2=C(C(=O)CCC2)[C@@H](c2ccccc2F)C1C(=O)N1CCOCC1. The van der Waals surface area contributed by atoms with Crippen LogP contribution in [0.2, 0.25) is 0 Å². The molecule has 1 aliphatic carbocycles. The van der Waals surface area contributed by atoms with Crippen LogP contribution in [0, 0.1) is 11.7 Å². The fourth-order valence-electron chi connectivity index (χ4n) is 4.37. The Labute approximate surface area is 157 Å². The standard InChI is InChI=1S/C21H23FN2O3/c1-13-18(21(26)24-9-11-27-12-10-24)19(14-5-2-3-6-15(14)22)20-16(23-13)7-4-8-17(20)25/h2-3,5-6,18-19H,4,7-12H2,1H3/t18?,19-/m0/s1. The van der Waals surface area contributed by atoms with Crippen molar-refractivity contribution in [3.05, 3.63) is 46.9 Å². The van der Waals surface area contributed by atoms with Gasteiger partial charge >= 0.3 is 0 Å². The highest BCUT2D eigenvalue weighted by Crippen LogP contribution is 2.44. The Bertz CT molecular complexity index is 840. The van der Waals surface area contributed by atoms with Crippen molar-refractivity contribution < 1.29 is 18.7 Å². The third-order valence-corrected chi connectivity index (χ3v) is 5.66. The summed E-state index contributed by atoms with van der Waals surface area (Å²) in [5, 5.41) is 0. The van der Waals surface area contributed by atoms with Crippen LogP contribution < -0.4 is 0 Å². The maximum atomic E-state index is 14.7. The molecule has 0 N–H and O–H groups in total. The van der Waals surface area contributed by atoms with E-state index in [0.717, 1.165) is 12.1 Å². The predicted octanol–water partition coefficient (Wildman–Crippen LogP) is 2.87. The number of Topliss-reactive ketones (excluding diaryl/α,β-unsaturated/α-hetero) is 1. The second-order valence-electron chi connectivity index (χ2n) is 7.30. The monoisotopic (exact) mass is 370 g/mol. The highest BCUT2D eigenvalue weighted by Gasteiger charge is 2.44. The van der Waals surface area contributed by atoms with Gasteiger partial charge in [0.15, 0.2) is 5.78 Å². The molecule has 6 heteroatoms. The molecule has 0 aromatic heterocycles. The van der Waals surface area contributed by atoms with Crippen molar-refractivity contribution in [2.75, 3.05) is 26.3 Å². The number of ether oxygens (including phenoxy) is 1. The summed E-state index contributed by atoms with van der Waals surface area (Å²) in [6, 6.07) is 6.45. The van der Waals surface area contributed by atoms with Crippen molar-refractivity contribution >= 4 is 17.4 Å². The van der Waals surface area contributed by atoms with E-state index in [1.54, 1.807) is 23.1 Å². The average molecular weight is 370 g/mol. The van der Waals surface area contributed by atoms with E-state index >= 15 is 0 Å². The highest BCUT2D eigenvalue weighted by atomic mass is 19.1. The van der Waals surface area contributed by atoms with Crippen LogP contribution >= 0.6 is 0 Å². The van der Waals surface area contributed by atoms with E-state index in [-0.39, 0.29) is 17.5 Å². The summed E-state index contributed by atoms with van der Waals surface area (Å²) in [4.78, 5) is 32.5. The van der Waals surface area contributed by atoms with Crippen LogP contribution in [-0.4, -0.2) is 48.6 Å². The van der Waals surface area contributed by atoms with Crippen molar-refractivity contribution in [2.24, 2.45) is 10.9 Å². The first-order valence-electron chi connectivity index (χ1n) is 9.50. The summed E-state index contributed by atoms with van der Waals surface area (Å²) < 4.78 is 20.1. The molecular formula is C21H23FN2O3. The molecule has 0 saturated carbocycles. The molecule has 0 bridgehead atoms. The van der Waals surface area contributed by atoms with Crippen LogP contribution in [0.25, 0.3) is 0 Å². The number of amides is 1. The maximum Gasteiger partial charge on any atom is 0.232 e. The average Bonchev–Trinajstić information content (AvgIpc) is 2.68. The van der Waals surface area contributed by atoms with E-state index < -0.39 is 11.8 Å². The van der Waals surface area contributed by atoms with Gasteiger partial charge in [0.1, 0.15) is 5.82 Å². The van der Waals surface area contributed by atoms with Crippen LogP contribution in [0.4, 0.5) is 4.39 Å². The van der Waals surface area contributed by atoms with Crippen molar-refractivity contribution in [2.45, 2.75) is 32.1 Å². The van der Waals surface area contributed by atoms with E-state index in [9.17, 15) is 14.0 Å². The second-order valence-corrected chi connectivity index (χ2v) is 7.30. The number of rotatable bonds is 2. The molecule has 1 aromatic carbocycles. The van der Waals surface area contributed by atoms with Gasteiger partial charge in [-0.05, 0) is 31.4 Å². The number of hydrogen-bond donors (Lipinski definition) is 0. The van der Waals surface area contributed by atoms with Crippen LogP contribution in [0.1, 0.15) is 37.7 Å². The number of benzene rings is 1. The zero-order valence-electron chi connectivity index (χ0n) is 15.4. The molecule has 2 heterocycles. The third kappa shape index (κ3) is 3.23. The normalized spacial score (nSPS) is 25.9. The van der Waals surface area contributed by atoms with Gasteiger partial charge in [0.2, 0.25) is 5.91 Å². The Kier molecular flexibility index (Phi) is 4.91. The third-order valence-electron chi connectivity index (χ3n) is 5.66. The van der Waals surface area contributed by atoms with Gasteiger partial charge in [-0.2, -0.15) is 0 Å². The lowest BCUT2D eigenvalue weighted by molar-refractivity contribution is -0.138. The molecule has 1 amide bonds. The van der Waals surface area contributed by atoms with E-state index in [1.807, 2.05) is 6.92 Å². The van der Waals surface area contributed by atoms with Gasteiger partial charge in [-0.3, -0.25) is 14.6 Å². The Balaban J connectivity index is 1.82. The molecule has 0 radical (unpaired) electrons. The quantitative estimate of drug-likeness (QED) is 0.804. The van der Waals surface area contributed by atoms with Crippen LogP contribution in [-0.2, 0) is 14.3 Å². The van der Waals surface area contributed by atoms with E-state index in [4.69, 9.17) is 4.74 Å². The number of nitrogens with zero attached hydrogens (tertiary/aromatic N) is 2. The summed E-state index contributed by atoms with van der Waals surface area (Å²) in [5.41, 5.74) is 2.32. The number of hydrogen-bond acceptors (Lipinski definition) is 4. The minimum Gasteiger partial charge on any atom is -0.378 e. The highest BCUT2D eigenvalue weighted by molar-refractivity contribution is 6.10. The number of ketones is 1. The van der Waals surface area contributed by atoms with E-state index in [2.05, 4.69) is 4.99 Å². The smallest absolute Gasteiger partial charge is 0.232 e. The number of carbonyl (C=O) groups excluding carboxylic acids is 2. The zero-order valence-corrected chi connectivity index (χ0v) is 15.4. The van der Waals surface area contributed by atoms with Gasteiger partial charge in [-0.25, -0.2) is 4.39 Å². The summed E-state index contributed by atoms with van der Waals surface area (Å²) in [6.45, 7) is 3.82. The lowest BCUT2D eigenvalue weighted by Crippen LogP contribution is -2.48. The van der Waals surface area contributed by atoms with Gasteiger partial charge in [0, 0.05) is 42.4 Å². The first kappa shape index (κ1) is 18.0. The van der Waals surface area contributed by atoms with Gasteiger partial charge in [-0.1, -0.05) is 18.2 Å². The summed E-state index contributed by atoms with van der Waals surface area (Å²) >= 11 is 0. The summed E-state index contributed by atoms with van der Waals surface area (Å²) in [6.07, 6.45) is 1.87. The zero-order chi connectivity index (χ0) is 19.0. The summed E-state index contributed by atoms with van der Waals surface area (Å²) in [5.74, 6) is -1.76. The number of halogens is 1. The molecule has 1 fully saturated rings. The lowest BCUT2D eigenvalue weighted by Gasteiger charge is -2.38. The molecule has 27 heavy (non-hydrogen) atoms. The minimum atomic E-state index is -0.652. The molecular weight excluding hydrogens is 347 g/mol. The maximum absolute atomic E-state index is 14.7. The number of allylic oxidation sites excluding steroid dienone is 2. The topological polar surface area (TPSA) is 59.0 Å². The molecule has 1 saturated heterocycles. The minimum absolute atomic E-state index is 0.0134. The Morgan fingerprint density at radius 2 is 1.96 bits per heavy atom. The molecule has 142 valence electrons. The molecule has 1 aromatic rings. The Morgan fingerprint density at radius 1 is 1.22 bits per heavy atom. The van der Waals surface area contributed by atoms with E-state index in [1.165, 1.54) is 6.07 Å². The molecule has 4 rings (SSSR count). The van der Waals surface area contributed by atoms with Crippen molar-refractivity contribution in [3.63, 3.8) is 0 Å². The van der Waals surface area contributed by atoms with Gasteiger partial charge in [0.25, 0.3) is 0 Å². The van der Waals surface area contributed by atoms with Gasteiger partial charge in [0.05, 0.1) is 19.1 Å². The largest absolute Gasteiger partial charge is 0.378 e. The van der Waals surface area contributed by atoms with Gasteiger partial charge in [-0.15, -0.1) is 0 Å².